The van der Waals surface area contributed by atoms with Crippen LogP contribution in [0.15, 0.2) is 17.5 Å². The maximum atomic E-state index is 12.2. The smallest absolute Gasteiger partial charge is 0.245 e. The van der Waals surface area contributed by atoms with E-state index < -0.39 is 5.54 Å². The molecule has 0 unspecified atom stereocenters. The van der Waals surface area contributed by atoms with Gasteiger partial charge in [0.1, 0.15) is 5.54 Å². The van der Waals surface area contributed by atoms with E-state index in [1.54, 1.807) is 30.1 Å². The first-order chi connectivity index (χ1) is 9.01. The van der Waals surface area contributed by atoms with Gasteiger partial charge in [0.25, 0.3) is 0 Å². The summed E-state index contributed by atoms with van der Waals surface area (Å²) in [7, 11) is 0. The van der Waals surface area contributed by atoms with Crippen LogP contribution >= 0.6 is 11.3 Å². The predicted octanol–water partition coefficient (Wildman–Crippen LogP) is 1.81. The Labute approximate surface area is 117 Å². The van der Waals surface area contributed by atoms with Gasteiger partial charge in [-0.25, -0.2) is 0 Å². The third-order valence-corrected chi connectivity index (χ3v) is 4.48. The molecular weight excluding hydrogens is 260 g/mol. The van der Waals surface area contributed by atoms with Gasteiger partial charge in [-0.3, -0.25) is 9.59 Å². The molecule has 1 aromatic rings. The molecule has 1 N–H and O–H groups in total. The van der Waals surface area contributed by atoms with Gasteiger partial charge in [-0.05, 0) is 38.1 Å². The van der Waals surface area contributed by atoms with Crippen molar-refractivity contribution in [1.29, 1.82) is 0 Å². The molecule has 1 aliphatic heterocycles. The van der Waals surface area contributed by atoms with E-state index in [0.717, 1.165) is 12.8 Å². The second-order valence-electron chi connectivity index (χ2n) is 5.29. The van der Waals surface area contributed by atoms with Crippen LogP contribution < -0.4 is 5.32 Å². The molecule has 0 spiro atoms. The van der Waals surface area contributed by atoms with Crippen LogP contribution in [0.25, 0.3) is 0 Å². The van der Waals surface area contributed by atoms with Gasteiger partial charge in [0.15, 0.2) is 0 Å². The van der Waals surface area contributed by atoms with Crippen LogP contribution in [0.1, 0.15) is 31.6 Å². The van der Waals surface area contributed by atoms with Crippen molar-refractivity contribution in [2.45, 2.75) is 38.6 Å². The van der Waals surface area contributed by atoms with Crippen LogP contribution in [0, 0.1) is 0 Å². The lowest BCUT2D eigenvalue weighted by Gasteiger charge is -2.41. The number of thiophene rings is 1. The highest BCUT2D eigenvalue weighted by Gasteiger charge is 2.39. The van der Waals surface area contributed by atoms with E-state index in [9.17, 15) is 9.59 Å². The molecular formula is C14H20N2O2S. The molecule has 19 heavy (non-hydrogen) atoms. The van der Waals surface area contributed by atoms with Crippen molar-refractivity contribution in [1.82, 2.24) is 10.2 Å². The summed E-state index contributed by atoms with van der Waals surface area (Å²) in [5.74, 6) is 0.0155. The molecule has 0 saturated carbocycles. The summed E-state index contributed by atoms with van der Waals surface area (Å²) in [6.45, 7) is 4.77. The summed E-state index contributed by atoms with van der Waals surface area (Å²) in [5.41, 5.74) is -0.724. The first-order valence-corrected chi connectivity index (χ1v) is 7.51. The summed E-state index contributed by atoms with van der Waals surface area (Å²) in [5, 5.41) is 4.86. The van der Waals surface area contributed by atoms with Crippen LogP contribution in [-0.2, 0) is 16.0 Å². The van der Waals surface area contributed by atoms with E-state index in [0.29, 0.717) is 19.5 Å². The molecule has 0 bridgehead atoms. The number of nitrogens with zero attached hydrogens (tertiary/aromatic N) is 1. The van der Waals surface area contributed by atoms with Crippen LogP contribution in [0.2, 0.25) is 0 Å². The van der Waals surface area contributed by atoms with Crippen molar-refractivity contribution in [3.8, 4) is 0 Å². The molecule has 104 valence electrons. The van der Waals surface area contributed by atoms with Gasteiger partial charge in [0, 0.05) is 24.4 Å². The molecule has 0 aliphatic carbocycles. The maximum Gasteiger partial charge on any atom is 0.245 e. The Kier molecular flexibility index (Phi) is 4.24. The van der Waals surface area contributed by atoms with Gasteiger partial charge >= 0.3 is 0 Å². The number of rotatable bonds is 4. The molecule has 1 aromatic heterocycles. The van der Waals surface area contributed by atoms with E-state index in [2.05, 4.69) is 16.8 Å². The number of hydrogen-bond acceptors (Lipinski definition) is 3. The minimum absolute atomic E-state index is 0.0645. The molecule has 4 nitrogen and oxygen atoms in total. The number of carbonyl (C=O) groups is 2. The number of piperazine rings is 1. The van der Waals surface area contributed by atoms with E-state index in [-0.39, 0.29) is 11.8 Å². The topological polar surface area (TPSA) is 49.4 Å². The molecule has 1 fully saturated rings. The van der Waals surface area contributed by atoms with Gasteiger partial charge in [-0.2, -0.15) is 0 Å². The fourth-order valence-corrected chi connectivity index (χ4v) is 3.09. The number of aryl methyl sites for hydroxylation is 1. The fourth-order valence-electron chi connectivity index (χ4n) is 2.34. The molecule has 2 rings (SSSR count). The van der Waals surface area contributed by atoms with Crippen LogP contribution in [0.4, 0.5) is 0 Å². The molecule has 1 saturated heterocycles. The zero-order chi connectivity index (χ0) is 13.9. The van der Waals surface area contributed by atoms with Crippen molar-refractivity contribution >= 4 is 23.2 Å². The van der Waals surface area contributed by atoms with E-state index >= 15 is 0 Å². The minimum atomic E-state index is -0.724. The lowest BCUT2D eigenvalue weighted by atomic mass is 9.98. The lowest BCUT2D eigenvalue weighted by Crippen LogP contribution is -2.63. The summed E-state index contributed by atoms with van der Waals surface area (Å²) < 4.78 is 0. The molecule has 2 amide bonds. The summed E-state index contributed by atoms with van der Waals surface area (Å²) in [6.07, 6.45) is 2.28. The highest BCUT2D eigenvalue weighted by Crippen LogP contribution is 2.20. The van der Waals surface area contributed by atoms with Gasteiger partial charge in [-0.1, -0.05) is 6.07 Å². The van der Waals surface area contributed by atoms with Crippen molar-refractivity contribution in [2.75, 3.05) is 13.1 Å². The first-order valence-electron chi connectivity index (χ1n) is 6.63. The average molecular weight is 280 g/mol. The zero-order valence-electron chi connectivity index (χ0n) is 11.4. The molecule has 1 aliphatic rings. The normalized spacial score (nSPS) is 18.2. The predicted molar refractivity (Wildman–Crippen MR) is 76.1 cm³/mol. The van der Waals surface area contributed by atoms with E-state index in [1.807, 2.05) is 6.07 Å². The second kappa shape index (κ2) is 5.74. The Morgan fingerprint density at radius 3 is 3.00 bits per heavy atom. The van der Waals surface area contributed by atoms with Crippen molar-refractivity contribution in [3.63, 3.8) is 0 Å². The van der Waals surface area contributed by atoms with E-state index in [4.69, 9.17) is 0 Å². The van der Waals surface area contributed by atoms with E-state index in [1.165, 1.54) is 4.88 Å². The molecule has 2 heterocycles. The Bertz CT molecular complexity index is 454. The molecule has 0 atom stereocenters. The third-order valence-electron chi connectivity index (χ3n) is 3.55. The summed E-state index contributed by atoms with van der Waals surface area (Å²) >= 11 is 1.72. The fraction of sp³-hybridized carbons (Fsp3) is 0.571. The lowest BCUT2D eigenvalue weighted by molar-refractivity contribution is -0.149. The monoisotopic (exact) mass is 280 g/mol. The number of hydrogen-bond donors (Lipinski definition) is 1. The Morgan fingerprint density at radius 2 is 2.32 bits per heavy atom. The zero-order valence-corrected chi connectivity index (χ0v) is 12.3. The van der Waals surface area contributed by atoms with Crippen LogP contribution in [-0.4, -0.2) is 35.3 Å². The Balaban J connectivity index is 1.87. The molecule has 5 heteroatoms. The quantitative estimate of drug-likeness (QED) is 0.914. The van der Waals surface area contributed by atoms with Gasteiger partial charge < -0.3 is 10.2 Å². The third kappa shape index (κ3) is 3.15. The highest BCUT2D eigenvalue weighted by molar-refractivity contribution is 7.09. The summed E-state index contributed by atoms with van der Waals surface area (Å²) in [6, 6.07) is 4.12. The van der Waals surface area contributed by atoms with Crippen molar-refractivity contribution in [2.24, 2.45) is 0 Å². The largest absolute Gasteiger partial charge is 0.352 e. The molecule has 0 aromatic carbocycles. The summed E-state index contributed by atoms with van der Waals surface area (Å²) in [4.78, 5) is 27.0. The molecule has 0 radical (unpaired) electrons. The number of amides is 2. The Hall–Kier alpha value is -1.36. The van der Waals surface area contributed by atoms with Crippen LogP contribution in [0.5, 0.6) is 0 Å². The van der Waals surface area contributed by atoms with Gasteiger partial charge in [0.2, 0.25) is 11.8 Å². The van der Waals surface area contributed by atoms with Crippen molar-refractivity contribution in [3.05, 3.63) is 22.4 Å². The van der Waals surface area contributed by atoms with Gasteiger partial charge in [0.05, 0.1) is 0 Å². The standard InChI is InChI=1S/C14H20N2O2S/c1-14(2)13(18)15-8-9-16(14)12(17)7-3-5-11-6-4-10-19-11/h4,6,10H,3,5,7-9H2,1-2H3,(H,15,18). The maximum absolute atomic E-state index is 12.2. The first kappa shape index (κ1) is 14.1. The highest BCUT2D eigenvalue weighted by atomic mass is 32.1. The second-order valence-corrected chi connectivity index (χ2v) is 6.33. The van der Waals surface area contributed by atoms with Gasteiger partial charge in [-0.15, -0.1) is 11.3 Å². The Morgan fingerprint density at radius 1 is 1.53 bits per heavy atom. The SMILES string of the molecule is CC1(C)C(=O)NCCN1C(=O)CCCc1cccs1. The van der Waals surface area contributed by atoms with Crippen molar-refractivity contribution < 1.29 is 9.59 Å². The number of nitrogens with one attached hydrogen (secondary N) is 1. The number of carbonyl (C=O) groups excluding carboxylic acids is 2. The van der Waals surface area contributed by atoms with Crippen LogP contribution in [0.3, 0.4) is 0 Å². The minimum Gasteiger partial charge on any atom is -0.352 e. The average Bonchev–Trinajstić information content (AvgIpc) is 2.85.